The zero-order valence-electron chi connectivity index (χ0n) is 5.70. The Balaban J connectivity index is 0. The second kappa shape index (κ2) is 5.93. The molecule has 0 atom stereocenters. The van der Waals surface area contributed by atoms with E-state index in [0.717, 1.165) is 6.92 Å². The number of hydrogen-bond acceptors (Lipinski definition) is 3. The number of carboxylic acids is 2. The van der Waals surface area contributed by atoms with Crippen LogP contribution in [-0.2, 0) is 14.4 Å². The standard InChI is InChI=1S/C6H6O5.Na.H/c1-3(7)4(6(10)11)2-5(8)9;;/h2H,1H3,(H,8,9)(H,10,11);;/b4-2-;;. The number of carbonyl (C=O) groups excluding carboxylic acids is 1. The first-order valence-electron chi connectivity index (χ1n) is 2.64. The van der Waals surface area contributed by atoms with E-state index in [4.69, 9.17) is 10.2 Å². The van der Waals surface area contributed by atoms with Crippen LogP contribution >= 0.6 is 0 Å². The van der Waals surface area contributed by atoms with Gasteiger partial charge in [-0.05, 0) is 6.92 Å². The molecule has 0 aromatic carbocycles. The molecule has 0 bridgehead atoms. The summed E-state index contributed by atoms with van der Waals surface area (Å²) in [6.45, 7) is 0.989. The second-order valence-corrected chi connectivity index (χ2v) is 1.76. The summed E-state index contributed by atoms with van der Waals surface area (Å²) in [4.78, 5) is 30.5. The van der Waals surface area contributed by atoms with E-state index >= 15 is 0 Å². The van der Waals surface area contributed by atoms with Gasteiger partial charge < -0.3 is 10.2 Å². The van der Waals surface area contributed by atoms with Crippen molar-refractivity contribution in [1.82, 2.24) is 0 Å². The fraction of sp³-hybridized carbons (Fsp3) is 0.167. The van der Waals surface area contributed by atoms with Crippen LogP contribution in [0, 0.1) is 0 Å². The van der Waals surface area contributed by atoms with Crippen LogP contribution in [0.2, 0.25) is 0 Å². The van der Waals surface area contributed by atoms with Crippen LogP contribution in [0.15, 0.2) is 11.6 Å². The molecule has 0 aliphatic heterocycles. The first-order valence-corrected chi connectivity index (χ1v) is 2.64. The van der Waals surface area contributed by atoms with Crippen molar-refractivity contribution in [2.45, 2.75) is 6.92 Å². The summed E-state index contributed by atoms with van der Waals surface area (Å²) in [5.41, 5.74) is -0.725. The monoisotopic (exact) mass is 182 g/mol. The molecule has 0 radical (unpaired) electrons. The molecule has 0 heterocycles. The SMILES string of the molecule is CC(=O)/C(=C/C(=O)O)C(=O)O.[NaH]. The van der Waals surface area contributed by atoms with E-state index in [1.165, 1.54) is 0 Å². The minimum atomic E-state index is -1.53. The van der Waals surface area contributed by atoms with E-state index in [0.29, 0.717) is 6.08 Å². The Labute approximate surface area is 90.4 Å². The number of ketones is 1. The molecule has 0 aromatic rings. The van der Waals surface area contributed by atoms with Crippen LogP contribution in [0.1, 0.15) is 6.92 Å². The minimum absolute atomic E-state index is 0. The van der Waals surface area contributed by atoms with Gasteiger partial charge in [0.1, 0.15) is 5.57 Å². The zero-order valence-corrected chi connectivity index (χ0v) is 5.70. The second-order valence-electron chi connectivity index (χ2n) is 1.76. The van der Waals surface area contributed by atoms with Crippen molar-refractivity contribution >= 4 is 47.3 Å². The molecule has 0 aliphatic carbocycles. The molecular weight excluding hydrogens is 175 g/mol. The van der Waals surface area contributed by atoms with E-state index in [2.05, 4.69) is 0 Å². The van der Waals surface area contributed by atoms with Gasteiger partial charge in [0, 0.05) is 6.08 Å². The maximum absolute atomic E-state index is 10.4. The van der Waals surface area contributed by atoms with Gasteiger partial charge in [0.05, 0.1) is 0 Å². The van der Waals surface area contributed by atoms with Gasteiger partial charge in [-0.3, -0.25) is 4.79 Å². The molecule has 5 nitrogen and oxygen atoms in total. The third-order valence-electron chi connectivity index (χ3n) is 0.878. The van der Waals surface area contributed by atoms with Crippen LogP contribution in [0.25, 0.3) is 0 Å². The van der Waals surface area contributed by atoms with Gasteiger partial charge in [-0.2, -0.15) is 0 Å². The molecule has 2 N–H and O–H groups in total. The molecule has 0 amide bonds. The van der Waals surface area contributed by atoms with E-state index < -0.39 is 23.3 Å². The topological polar surface area (TPSA) is 91.7 Å². The average Bonchev–Trinajstić information content (AvgIpc) is 1.81. The molecule has 0 unspecified atom stereocenters. The predicted octanol–water partition coefficient (Wildman–Crippen LogP) is -0.978. The molecule has 12 heavy (non-hydrogen) atoms. The molecule has 0 rings (SSSR count). The number of hydrogen-bond donors (Lipinski definition) is 2. The van der Waals surface area contributed by atoms with E-state index in [1.54, 1.807) is 0 Å². The number of Topliss-reactive ketones (excluding diaryl/α,β-unsaturated/α-hetero) is 1. The quantitative estimate of drug-likeness (QED) is 0.253. The van der Waals surface area contributed by atoms with Gasteiger partial charge in [0.15, 0.2) is 5.78 Å². The Morgan fingerprint density at radius 3 is 1.67 bits per heavy atom. The van der Waals surface area contributed by atoms with Gasteiger partial charge in [0.2, 0.25) is 0 Å². The Kier molecular flexibility index (Phi) is 6.88. The van der Waals surface area contributed by atoms with Crippen LogP contribution in [0.3, 0.4) is 0 Å². The third kappa shape index (κ3) is 5.06. The molecule has 0 aliphatic rings. The summed E-state index contributed by atoms with van der Waals surface area (Å²) >= 11 is 0. The Morgan fingerprint density at radius 2 is 1.58 bits per heavy atom. The van der Waals surface area contributed by atoms with Gasteiger partial charge in [-0.1, -0.05) is 0 Å². The molecule has 6 heteroatoms. The molecule has 0 fully saturated rings. The summed E-state index contributed by atoms with van der Waals surface area (Å²) < 4.78 is 0. The molecule has 0 saturated heterocycles. The fourth-order valence-electron chi connectivity index (χ4n) is 0.437. The van der Waals surface area contributed by atoms with Crippen molar-refractivity contribution in [3.8, 4) is 0 Å². The van der Waals surface area contributed by atoms with E-state index in [1.807, 2.05) is 0 Å². The van der Waals surface area contributed by atoms with Crippen molar-refractivity contribution in [1.29, 1.82) is 0 Å². The van der Waals surface area contributed by atoms with Crippen molar-refractivity contribution in [3.05, 3.63) is 11.6 Å². The fourth-order valence-corrected chi connectivity index (χ4v) is 0.437. The molecule has 62 valence electrons. The average molecular weight is 182 g/mol. The van der Waals surface area contributed by atoms with Gasteiger partial charge in [-0.15, -0.1) is 0 Å². The number of rotatable bonds is 3. The maximum atomic E-state index is 10.4. The predicted molar refractivity (Wildman–Crippen MR) is 41.2 cm³/mol. The first-order chi connectivity index (χ1) is 4.95. The van der Waals surface area contributed by atoms with Gasteiger partial charge in [0.25, 0.3) is 0 Å². The Bertz CT molecular complexity index is 226. The molecule has 0 aromatic heterocycles. The summed E-state index contributed by atoms with van der Waals surface area (Å²) in [6, 6.07) is 0. The van der Waals surface area contributed by atoms with Gasteiger partial charge >= 0.3 is 41.5 Å². The van der Waals surface area contributed by atoms with Crippen LogP contribution < -0.4 is 0 Å². The Morgan fingerprint density at radius 1 is 1.17 bits per heavy atom. The van der Waals surface area contributed by atoms with Crippen LogP contribution in [0.5, 0.6) is 0 Å². The molecule has 0 spiro atoms. The first kappa shape index (κ1) is 13.9. The summed E-state index contributed by atoms with van der Waals surface area (Å²) in [6.07, 6.45) is 0.366. The van der Waals surface area contributed by atoms with Crippen molar-refractivity contribution < 1.29 is 24.6 Å². The van der Waals surface area contributed by atoms with Crippen molar-refractivity contribution in [2.24, 2.45) is 0 Å². The van der Waals surface area contributed by atoms with E-state index in [9.17, 15) is 14.4 Å². The number of carbonyl (C=O) groups is 3. The zero-order chi connectivity index (χ0) is 9.02. The Hall–Kier alpha value is -0.650. The van der Waals surface area contributed by atoms with Crippen LogP contribution in [0.4, 0.5) is 0 Å². The van der Waals surface area contributed by atoms with E-state index in [-0.39, 0.29) is 29.6 Å². The number of aliphatic carboxylic acids is 2. The third-order valence-corrected chi connectivity index (χ3v) is 0.878. The van der Waals surface area contributed by atoms with Crippen molar-refractivity contribution in [2.75, 3.05) is 0 Å². The normalized spacial score (nSPS) is 9.92. The van der Waals surface area contributed by atoms with Crippen LogP contribution in [-0.4, -0.2) is 57.5 Å². The van der Waals surface area contributed by atoms with Gasteiger partial charge in [-0.25, -0.2) is 9.59 Å². The van der Waals surface area contributed by atoms with Crippen molar-refractivity contribution in [3.63, 3.8) is 0 Å². The molecular formula is C6H7NaO5. The molecule has 0 saturated carbocycles. The summed E-state index contributed by atoms with van der Waals surface area (Å²) in [7, 11) is 0. The summed E-state index contributed by atoms with van der Waals surface area (Å²) in [5, 5.41) is 16.3. The summed E-state index contributed by atoms with van der Waals surface area (Å²) in [5.74, 6) is -3.75. The number of carboxylic acid groups (broad SMARTS) is 2.